The molecule has 0 spiro atoms. The molecule has 0 aromatic heterocycles. The third-order valence-corrected chi connectivity index (χ3v) is 6.12. The number of sulfonamides is 1. The molecule has 2 aromatic rings. The van der Waals surface area contributed by atoms with Crippen LogP contribution in [0.25, 0.3) is 0 Å². The van der Waals surface area contributed by atoms with E-state index in [4.69, 9.17) is 4.74 Å². The van der Waals surface area contributed by atoms with Crippen LogP contribution in [0.4, 0.5) is 5.69 Å². The summed E-state index contributed by atoms with van der Waals surface area (Å²) in [5, 5.41) is 2.52. The predicted molar refractivity (Wildman–Crippen MR) is 105 cm³/mol. The number of nitrogens with zero attached hydrogens (tertiary/aromatic N) is 1. The van der Waals surface area contributed by atoms with Crippen LogP contribution < -0.4 is 5.32 Å². The maximum absolute atomic E-state index is 12.5. The lowest BCUT2D eigenvalue weighted by molar-refractivity contribution is -0.116. The number of esters is 1. The second kappa shape index (κ2) is 8.44. The molecule has 0 bridgehead atoms. The number of fused-ring (bicyclic) bond motifs is 1. The number of amides is 2. The van der Waals surface area contributed by atoms with Gasteiger partial charge in [0, 0.05) is 5.69 Å². The van der Waals surface area contributed by atoms with Crippen molar-refractivity contribution in [1.82, 2.24) is 4.31 Å². The highest BCUT2D eigenvalue weighted by molar-refractivity contribution is 7.90. The van der Waals surface area contributed by atoms with Crippen LogP contribution in [0.5, 0.6) is 0 Å². The van der Waals surface area contributed by atoms with E-state index in [0.717, 1.165) is 12.8 Å². The van der Waals surface area contributed by atoms with Crippen LogP contribution in [-0.4, -0.2) is 43.7 Å². The van der Waals surface area contributed by atoms with E-state index in [1.165, 1.54) is 42.5 Å². The second-order valence-corrected chi connectivity index (χ2v) is 8.26. The van der Waals surface area contributed by atoms with Gasteiger partial charge in [-0.1, -0.05) is 25.5 Å². The Kier molecular flexibility index (Phi) is 5.97. The molecule has 0 saturated carbocycles. The summed E-state index contributed by atoms with van der Waals surface area (Å²) in [5.41, 5.74) is 0.750. The zero-order chi connectivity index (χ0) is 21.0. The third kappa shape index (κ3) is 4.29. The lowest BCUT2D eigenvalue weighted by atomic mass is 10.2. The van der Waals surface area contributed by atoms with Crippen molar-refractivity contribution < 1.29 is 27.5 Å². The largest absolute Gasteiger partial charge is 0.462 e. The topological polar surface area (TPSA) is 110 Å². The van der Waals surface area contributed by atoms with Crippen LogP contribution in [0.1, 0.15) is 40.5 Å². The summed E-state index contributed by atoms with van der Waals surface area (Å²) in [5.74, 6) is -1.86. The summed E-state index contributed by atoms with van der Waals surface area (Å²) in [6.07, 6.45) is 1.69. The molecule has 3 rings (SSSR count). The molecule has 0 atom stereocenters. The van der Waals surface area contributed by atoms with Crippen molar-refractivity contribution in [1.29, 1.82) is 0 Å². The summed E-state index contributed by atoms with van der Waals surface area (Å²) < 4.78 is 30.6. The van der Waals surface area contributed by atoms with Crippen LogP contribution in [0, 0.1) is 0 Å². The lowest BCUT2D eigenvalue weighted by Gasteiger charge is -2.15. The molecule has 0 fully saturated rings. The number of anilines is 1. The summed E-state index contributed by atoms with van der Waals surface area (Å²) >= 11 is 0. The van der Waals surface area contributed by atoms with Gasteiger partial charge < -0.3 is 10.1 Å². The van der Waals surface area contributed by atoms with Crippen molar-refractivity contribution in [3.8, 4) is 0 Å². The average molecular weight is 416 g/mol. The molecular formula is C20H20N2O6S. The van der Waals surface area contributed by atoms with Crippen molar-refractivity contribution in [3.05, 3.63) is 59.7 Å². The highest BCUT2D eigenvalue weighted by Gasteiger charge is 2.41. The fourth-order valence-corrected chi connectivity index (χ4v) is 4.33. The Morgan fingerprint density at radius 1 is 1.07 bits per heavy atom. The number of rotatable bonds is 7. The Morgan fingerprint density at radius 2 is 1.76 bits per heavy atom. The Labute approximate surface area is 168 Å². The highest BCUT2D eigenvalue weighted by atomic mass is 32.2. The first-order valence-electron chi connectivity index (χ1n) is 9.07. The average Bonchev–Trinajstić information content (AvgIpc) is 2.90. The van der Waals surface area contributed by atoms with Gasteiger partial charge in [-0.25, -0.2) is 17.5 Å². The Hall–Kier alpha value is -3.20. The smallest absolute Gasteiger partial charge is 0.338 e. The molecule has 0 radical (unpaired) electrons. The zero-order valence-corrected chi connectivity index (χ0v) is 16.6. The van der Waals surface area contributed by atoms with Gasteiger partial charge >= 0.3 is 5.97 Å². The number of benzene rings is 2. The van der Waals surface area contributed by atoms with Crippen molar-refractivity contribution >= 4 is 33.5 Å². The van der Waals surface area contributed by atoms with E-state index >= 15 is 0 Å². The monoisotopic (exact) mass is 416 g/mol. The molecule has 9 heteroatoms. The van der Waals surface area contributed by atoms with E-state index in [1.807, 2.05) is 6.92 Å². The van der Waals surface area contributed by atoms with Gasteiger partial charge in [-0.2, -0.15) is 0 Å². The maximum atomic E-state index is 12.5. The molecule has 8 nitrogen and oxygen atoms in total. The maximum Gasteiger partial charge on any atom is 0.338 e. The minimum absolute atomic E-state index is 0.0474. The number of hydrogen-bond acceptors (Lipinski definition) is 6. The molecule has 1 aliphatic heterocycles. The molecule has 29 heavy (non-hydrogen) atoms. The summed E-state index contributed by atoms with van der Waals surface area (Å²) in [6.45, 7) is 1.69. The van der Waals surface area contributed by atoms with E-state index < -0.39 is 34.4 Å². The van der Waals surface area contributed by atoms with E-state index in [0.29, 0.717) is 22.2 Å². The first-order valence-corrected chi connectivity index (χ1v) is 10.5. The highest BCUT2D eigenvalue weighted by Crippen LogP contribution is 2.29. The first kappa shape index (κ1) is 20.5. The Bertz CT molecular complexity index is 1050. The van der Waals surface area contributed by atoms with Crippen LogP contribution >= 0.6 is 0 Å². The minimum Gasteiger partial charge on any atom is -0.462 e. The lowest BCUT2D eigenvalue weighted by Crippen LogP contribution is -2.37. The zero-order valence-electron chi connectivity index (χ0n) is 15.8. The minimum atomic E-state index is -4.05. The number of carbonyl (C=O) groups excluding carboxylic acids is 3. The summed E-state index contributed by atoms with van der Waals surface area (Å²) in [4.78, 5) is 36.4. The van der Waals surface area contributed by atoms with Crippen molar-refractivity contribution in [2.45, 2.75) is 24.7 Å². The second-order valence-electron chi connectivity index (χ2n) is 6.43. The first-order chi connectivity index (χ1) is 13.8. The fraction of sp³-hybridized carbons (Fsp3) is 0.250. The molecule has 0 unspecified atom stereocenters. The van der Waals surface area contributed by atoms with Gasteiger partial charge in [-0.15, -0.1) is 0 Å². The number of nitrogens with one attached hydrogen (secondary N) is 1. The fourth-order valence-electron chi connectivity index (χ4n) is 2.80. The Balaban J connectivity index is 1.63. The van der Waals surface area contributed by atoms with E-state index in [-0.39, 0.29) is 10.5 Å². The van der Waals surface area contributed by atoms with Crippen LogP contribution in [0.2, 0.25) is 0 Å². The van der Waals surface area contributed by atoms with Gasteiger partial charge in [0.15, 0.2) is 0 Å². The molecule has 152 valence electrons. The molecule has 1 aliphatic rings. The van der Waals surface area contributed by atoms with Gasteiger partial charge in [0.05, 0.1) is 17.7 Å². The number of unbranched alkanes of at least 4 members (excludes halogenated alkanes) is 1. The van der Waals surface area contributed by atoms with Crippen LogP contribution in [-0.2, 0) is 19.6 Å². The summed E-state index contributed by atoms with van der Waals surface area (Å²) in [7, 11) is -4.05. The molecule has 1 heterocycles. The van der Waals surface area contributed by atoms with E-state index in [1.54, 1.807) is 6.07 Å². The van der Waals surface area contributed by atoms with Gasteiger partial charge in [-0.3, -0.25) is 9.59 Å². The molecule has 0 saturated heterocycles. The molecular weight excluding hydrogens is 396 g/mol. The Morgan fingerprint density at radius 3 is 2.41 bits per heavy atom. The van der Waals surface area contributed by atoms with Gasteiger partial charge in [0.25, 0.3) is 15.9 Å². The van der Waals surface area contributed by atoms with Gasteiger partial charge in [-0.05, 0) is 42.8 Å². The molecule has 2 amide bonds. The normalized spacial score (nSPS) is 14.4. The number of ether oxygens (including phenoxy) is 1. The van der Waals surface area contributed by atoms with Gasteiger partial charge in [0.1, 0.15) is 11.4 Å². The van der Waals surface area contributed by atoms with Crippen molar-refractivity contribution in [2.24, 2.45) is 0 Å². The van der Waals surface area contributed by atoms with E-state index in [2.05, 4.69) is 5.32 Å². The van der Waals surface area contributed by atoms with Crippen LogP contribution in [0.3, 0.4) is 0 Å². The number of hydrogen-bond donors (Lipinski definition) is 1. The third-order valence-electron chi connectivity index (χ3n) is 4.33. The van der Waals surface area contributed by atoms with E-state index in [9.17, 15) is 22.8 Å². The predicted octanol–water partition coefficient (Wildman–Crippen LogP) is 2.43. The molecule has 0 aliphatic carbocycles. The number of carbonyl (C=O) groups is 3. The molecule has 2 aromatic carbocycles. The van der Waals surface area contributed by atoms with Crippen LogP contribution in [0.15, 0.2) is 53.4 Å². The summed E-state index contributed by atoms with van der Waals surface area (Å²) in [6, 6.07) is 11.8. The quantitative estimate of drug-likeness (QED) is 0.548. The SMILES string of the molecule is CCCCOC(=O)c1ccc(NC(=O)CN2C(=O)c3ccccc3S2(=O)=O)cc1. The standard InChI is InChI=1S/C20H20N2O6S/c1-2-3-12-28-20(25)14-8-10-15(11-9-14)21-18(23)13-22-19(24)16-6-4-5-7-17(16)29(22,26)27/h4-11H,2-3,12-13H2,1H3,(H,21,23). The van der Waals surface area contributed by atoms with Crippen molar-refractivity contribution in [3.63, 3.8) is 0 Å². The van der Waals surface area contributed by atoms with Gasteiger partial charge in [0.2, 0.25) is 5.91 Å². The molecule has 1 N–H and O–H groups in total. The van der Waals surface area contributed by atoms with Crippen molar-refractivity contribution in [2.75, 3.05) is 18.5 Å².